The molecule has 1 atom stereocenters. The van der Waals surface area contributed by atoms with Crippen LogP contribution in [0.15, 0.2) is 42.5 Å². The van der Waals surface area contributed by atoms with Crippen molar-refractivity contribution in [2.45, 2.75) is 19.8 Å². The van der Waals surface area contributed by atoms with Gasteiger partial charge < -0.3 is 15.4 Å². The van der Waals surface area contributed by atoms with Crippen molar-refractivity contribution in [3.63, 3.8) is 0 Å². The summed E-state index contributed by atoms with van der Waals surface area (Å²) in [5, 5.41) is 4.62. The molecule has 36 heavy (non-hydrogen) atoms. The number of hydrogen-bond acceptors (Lipinski definition) is 7. The summed E-state index contributed by atoms with van der Waals surface area (Å²) >= 11 is 0. The largest absolute Gasteiger partial charge is 0.466 e. The monoisotopic (exact) mass is 496 g/mol. The van der Waals surface area contributed by atoms with Crippen molar-refractivity contribution < 1.29 is 22.7 Å². The van der Waals surface area contributed by atoms with E-state index in [9.17, 15) is 18.0 Å². The van der Waals surface area contributed by atoms with E-state index in [-0.39, 0.29) is 52.7 Å². The topological polar surface area (TPSA) is 99.2 Å². The lowest BCUT2D eigenvalue weighted by molar-refractivity contribution is -0.148. The Morgan fingerprint density at radius 3 is 2.72 bits per heavy atom. The summed E-state index contributed by atoms with van der Waals surface area (Å²) in [7, 11) is 0. The van der Waals surface area contributed by atoms with E-state index in [1.807, 2.05) is 4.90 Å². The minimum atomic E-state index is -0.732. The highest BCUT2D eigenvalue weighted by Gasteiger charge is 2.30. The zero-order valence-electron chi connectivity index (χ0n) is 19.4. The van der Waals surface area contributed by atoms with Gasteiger partial charge in [-0.2, -0.15) is 4.98 Å². The summed E-state index contributed by atoms with van der Waals surface area (Å²) in [6.45, 7) is 2.96. The number of ether oxygens (including phenoxy) is 1. The minimum Gasteiger partial charge on any atom is -0.466 e. The molecule has 0 aliphatic carbocycles. The third-order valence-corrected chi connectivity index (χ3v) is 6.12. The summed E-state index contributed by atoms with van der Waals surface area (Å²) in [5.41, 5.74) is 6.98. The maximum atomic E-state index is 14.6. The van der Waals surface area contributed by atoms with Crippen molar-refractivity contribution in [2.24, 2.45) is 5.92 Å². The normalized spacial score (nSPS) is 15.9. The van der Waals surface area contributed by atoms with Gasteiger partial charge in [0, 0.05) is 24.7 Å². The standard InChI is InChI=1S/C25H23F3N6O2/c1-2-36-24(35)15-6-4-10-33(13-15)25-30-21(14-5-3-7-16(26)11-14)20-22(29)34(32-23(20)31-25)19-12-17(27)8-9-18(19)28/h3,5,7-9,11-12,15H,2,4,6,10,13,29H2,1H3/t15-/m1/s1. The molecule has 0 radical (unpaired) electrons. The van der Waals surface area contributed by atoms with E-state index in [1.165, 1.54) is 18.2 Å². The Balaban J connectivity index is 1.67. The van der Waals surface area contributed by atoms with Gasteiger partial charge >= 0.3 is 5.97 Å². The first-order valence-electron chi connectivity index (χ1n) is 11.5. The Bertz CT molecular complexity index is 1460. The van der Waals surface area contributed by atoms with Crippen molar-refractivity contribution in [1.29, 1.82) is 0 Å². The molecule has 1 aliphatic heterocycles. The van der Waals surface area contributed by atoms with Crippen molar-refractivity contribution in [3.8, 4) is 16.9 Å². The molecular weight excluding hydrogens is 473 g/mol. The second-order valence-electron chi connectivity index (χ2n) is 8.51. The van der Waals surface area contributed by atoms with Gasteiger partial charge in [-0.15, -0.1) is 5.10 Å². The predicted octanol–water partition coefficient (Wildman–Crippen LogP) is 4.26. The summed E-state index contributed by atoms with van der Waals surface area (Å²) in [6, 6.07) is 8.72. The third kappa shape index (κ3) is 4.32. The molecule has 4 aromatic rings. The highest BCUT2D eigenvalue weighted by atomic mass is 19.1. The van der Waals surface area contributed by atoms with Crippen LogP contribution in [0.4, 0.5) is 24.9 Å². The summed E-state index contributed by atoms with van der Waals surface area (Å²) in [6.07, 6.45) is 1.39. The lowest BCUT2D eigenvalue weighted by Crippen LogP contribution is -2.40. The lowest BCUT2D eigenvalue weighted by atomic mass is 9.98. The van der Waals surface area contributed by atoms with Gasteiger partial charge in [-0.3, -0.25) is 4.79 Å². The average Bonchev–Trinajstić information content (AvgIpc) is 3.21. The van der Waals surface area contributed by atoms with Gasteiger partial charge in [0.1, 0.15) is 29.0 Å². The molecule has 186 valence electrons. The molecule has 11 heteroatoms. The number of benzene rings is 2. The Labute approximate surface area is 204 Å². The van der Waals surface area contributed by atoms with Gasteiger partial charge in [0.05, 0.1) is 23.6 Å². The fraction of sp³-hybridized carbons (Fsp3) is 0.280. The van der Waals surface area contributed by atoms with E-state index >= 15 is 0 Å². The van der Waals surface area contributed by atoms with Crippen molar-refractivity contribution in [1.82, 2.24) is 19.7 Å². The highest BCUT2D eigenvalue weighted by Crippen LogP contribution is 2.35. The van der Waals surface area contributed by atoms with Crippen molar-refractivity contribution >= 4 is 28.8 Å². The van der Waals surface area contributed by atoms with Gasteiger partial charge in [-0.1, -0.05) is 12.1 Å². The van der Waals surface area contributed by atoms with E-state index in [0.29, 0.717) is 31.5 Å². The number of nitrogens with zero attached hydrogens (tertiary/aromatic N) is 5. The van der Waals surface area contributed by atoms with E-state index in [0.717, 1.165) is 22.9 Å². The van der Waals surface area contributed by atoms with Gasteiger partial charge in [-0.05, 0) is 44.0 Å². The summed E-state index contributed by atoms with van der Waals surface area (Å²) in [4.78, 5) is 23.4. The Morgan fingerprint density at radius 1 is 1.14 bits per heavy atom. The molecule has 5 rings (SSSR count). The van der Waals surface area contributed by atoms with Crippen LogP contribution in [0.25, 0.3) is 28.0 Å². The van der Waals surface area contributed by atoms with Crippen LogP contribution < -0.4 is 10.6 Å². The molecule has 1 saturated heterocycles. The van der Waals surface area contributed by atoms with Gasteiger partial charge in [-0.25, -0.2) is 22.8 Å². The van der Waals surface area contributed by atoms with Crippen LogP contribution in [0.2, 0.25) is 0 Å². The molecule has 0 saturated carbocycles. The number of fused-ring (bicyclic) bond motifs is 1. The van der Waals surface area contributed by atoms with Gasteiger partial charge in [0.15, 0.2) is 5.65 Å². The molecule has 0 spiro atoms. The maximum Gasteiger partial charge on any atom is 0.310 e. The minimum absolute atomic E-state index is 0.0247. The van der Waals surface area contributed by atoms with Crippen LogP contribution >= 0.6 is 0 Å². The molecule has 2 N–H and O–H groups in total. The summed E-state index contributed by atoms with van der Waals surface area (Å²) in [5.74, 6) is -2.28. The molecule has 2 aromatic heterocycles. The fourth-order valence-electron chi connectivity index (χ4n) is 4.43. The fourth-order valence-corrected chi connectivity index (χ4v) is 4.43. The van der Waals surface area contributed by atoms with Gasteiger partial charge in [0.2, 0.25) is 5.95 Å². The zero-order valence-corrected chi connectivity index (χ0v) is 19.4. The lowest BCUT2D eigenvalue weighted by Gasteiger charge is -2.31. The molecule has 1 aliphatic rings. The van der Waals surface area contributed by atoms with E-state index < -0.39 is 17.5 Å². The number of aromatic nitrogens is 4. The third-order valence-electron chi connectivity index (χ3n) is 6.12. The van der Waals surface area contributed by atoms with E-state index in [2.05, 4.69) is 15.1 Å². The number of carbonyl (C=O) groups excluding carboxylic acids is 1. The zero-order chi connectivity index (χ0) is 25.4. The molecular formula is C25H23F3N6O2. The van der Waals surface area contributed by atoms with Crippen LogP contribution in [-0.2, 0) is 9.53 Å². The quantitative estimate of drug-likeness (QED) is 0.412. The van der Waals surface area contributed by atoms with Crippen LogP contribution in [0.3, 0.4) is 0 Å². The number of nitrogens with two attached hydrogens (primary N) is 1. The first-order valence-corrected chi connectivity index (χ1v) is 11.5. The summed E-state index contributed by atoms with van der Waals surface area (Å²) < 4.78 is 48.9. The Morgan fingerprint density at radius 2 is 1.94 bits per heavy atom. The molecule has 1 fully saturated rings. The second kappa shape index (κ2) is 9.48. The number of esters is 1. The van der Waals surface area contributed by atoms with Gasteiger partial charge in [0.25, 0.3) is 0 Å². The van der Waals surface area contributed by atoms with E-state index in [1.54, 1.807) is 13.0 Å². The molecule has 0 unspecified atom stereocenters. The smallest absolute Gasteiger partial charge is 0.310 e. The molecule has 0 bridgehead atoms. The first kappa shape index (κ1) is 23.6. The molecule has 3 heterocycles. The van der Waals surface area contributed by atoms with Crippen LogP contribution in [0.1, 0.15) is 19.8 Å². The number of hydrogen-bond donors (Lipinski definition) is 1. The predicted molar refractivity (Wildman–Crippen MR) is 128 cm³/mol. The average molecular weight is 496 g/mol. The second-order valence-corrected chi connectivity index (χ2v) is 8.51. The molecule has 2 aromatic carbocycles. The maximum absolute atomic E-state index is 14.6. The van der Waals surface area contributed by atoms with Crippen LogP contribution in [0.5, 0.6) is 0 Å². The Hall–Kier alpha value is -4.15. The van der Waals surface area contributed by atoms with Crippen molar-refractivity contribution in [3.05, 3.63) is 59.9 Å². The number of rotatable bonds is 5. The first-order chi connectivity index (χ1) is 17.4. The highest BCUT2D eigenvalue weighted by molar-refractivity contribution is 5.99. The number of halogens is 3. The van der Waals surface area contributed by atoms with Crippen LogP contribution in [-0.4, -0.2) is 45.4 Å². The molecule has 8 nitrogen and oxygen atoms in total. The van der Waals surface area contributed by atoms with Crippen molar-refractivity contribution in [2.75, 3.05) is 30.3 Å². The molecule has 0 amide bonds. The number of piperidine rings is 1. The Kier molecular flexibility index (Phi) is 6.21. The van der Waals surface area contributed by atoms with E-state index in [4.69, 9.17) is 10.5 Å². The number of carbonyl (C=O) groups is 1. The number of nitrogen functional groups attached to an aromatic ring is 1. The number of anilines is 2. The SMILES string of the molecule is CCOC(=O)[C@@H]1CCCN(c2nc(-c3cccc(F)c3)c3c(N)n(-c4cc(F)ccc4F)nc3n2)C1. The van der Waals surface area contributed by atoms with Crippen LogP contribution in [0, 0.1) is 23.4 Å².